The molecule has 0 saturated heterocycles. The van der Waals surface area contributed by atoms with Crippen molar-refractivity contribution in [1.29, 1.82) is 0 Å². The normalized spacial score (nSPS) is 12.6. The zero-order valence-electron chi connectivity index (χ0n) is 15.2. The lowest BCUT2D eigenvalue weighted by atomic mass is 10.1. The molecule has 0 spiro atoms. The van der Waals surface area contributed by atoms with Crippen molar-refractivity contribution in [3.05, 3.63) is 77.9 Å². The molecular weight excluding hydrogens is 399 g/mol. The van der Waals surface area contributed by atoms with E-state index in [9.17, 15) is 22.8 Å². The first-order chi connectivity index (χ1) is 14.3. The Kier molecular flexibility index (Phi) is 4.78. The van der Waals surface area contributed by atoms with Crippen molar-refractivity contribution in [2.24, 2.45) is 0 Å². The Hall–Kier alpha value is -4.01. The van der Waals surface area contributed by atoms with Gasteiger partial charge in [0.25, 0.3) is 5.91 Å². The van der Waals surface area contributed by atoms with E-state index in [0.717, 1.165) is 24.3 Å². The number of anilines is 3. The molecule has 9 heteroatoms. The number of nitrogens with one attached hydrogen (secondary N) is 3. The molecule has 0 bridgehead atoms. The summed E-state index contributed by atoms with van der Waals surface area (Å²) in [5.74, 6) is 0.415. The SMILES string of the molecule is O=C(Nc1ccc(C(F)(F)F)cc1)Nc1ccc2c(c1)C(=O)Nc1ccccc1O2. The van der Waals surface area contributed by atoms with Crippen molar-refractivity contribution in [2.45, 2.75) is 6.18 Å². The van der Waals surface area contributed by atoms with Gasteiger partial charge in [-0.15, -0.1) is 0 Å². The smallest absolute Gasteiger partial charge is 0.416 e. The minimum absolute atomic E-state index is 0.187. The molecule has 0 saturated carbocycles. The Balaban J connectivity index is 1.48. The van der Waals surface area contributed by atoms with Crippen LogP contribution in [0.5, 0.6) is 11.5 Å². The molecule has 30 heavy (non-hydrogen) atoms. The summed E-state index contributed by atoms with van der Waals surface area (Å²) in [6, 6.07) is 14.9. The van der Waals surface area contributed by atoms with Gasteiger partial charge >= 0.3 is 12.2 Å². The van der Waals surface area contributed by atoms with Gasteiger partial charge < -0.3 is 20.7 Å². The third kappa shape index (κ3) is 4.04. The Morgan fingerprint density at radius 1 is 0.867 bits per heavy atom. The number of ether oxygens (including phenoxy) is 1. The second-order valence-electron chi connectivity index (χ2n) is 6.42. The van der Waals surface area contributed by atoms with Gasteiger partial charge in [0, 0.05) is 11.4 Å². The number of fused-ring (bicyclic) bond motifs is 2. The van der Waals surface area contributed by atoms with E-state index >= 15 is 0 Å². The highest BCUT2D eigenvalue weighted by molar-refractivity contribution is 6.09. The third-order valence-electron chi connectivity index (χ3n) is 4.31. The summed E-state index contributed by atoms with van der Waals surface area (Å²) in [5.41, 5.74) is 0.424. The first-order valence-electron chi connectivity index (χ1n) is 8.77. The second-order valence-corrected chi connectivity index (χ2v) is 6.42. The van der Waals surface area contributed by atoms with Gasteiger partial charge in [-0.05, 0) is 54.6 Å². The topological polar surface area (TPSA) is 79.5 Å². The van der Waals surface area contributed by atoms with E-state index in [-0.39, 0.29) is 11.3 Å². The average Bonchev–Trinajstić information content (AvgIpc) is 2.83. The summed E-state index contributed by atoms with van der Waals surface area (Å²) < 4.78 is 43.6. The Bertz CT molecular complexity index is 1130. The molecule has 152 valence electrons. The Labute approximate surface area is 168 Å². The van der Waals surface area contributed by atoms with Crippen LogP contribution in [-0.2, 0) is 6.18 Å². The predicted octanol–water partition coefficient (Wildman–Crippen LogP) is 5.71. The van der Waals surface area contributed by atoms with E-state index in [1.165, 1.54) is 6.07 Å². The zero-order valence-corrected chi connectivity index (χ0v) is 15.2. The van der Waals surface area contributed by atoms with Crippen LogP contribution >= 0.6 is 0 Å². The number of urea groups is 1. The van der Waals surface area contributed by atoms with Gasteiger partial charge in [0.2, 0.25) is 0 Å². The molecule has 0 radical (unpaired) electrons. The van der Waals surface area contributed by atoms with E-state index in [2.05, 4.69) is 16.0 Å². The standard InChI is InChI=1S/C21H14F3N3O3/c22-21(23,24)12-5-7-13(8-6-12)25-20(29)26-14-9-10-17-15(11-14)19(28)27-16-3-1-2-4-18(16)30-17/h1-11H,(H,27,28)(H2,25,26,29). The largest absolute Gasteiger partial charge is 0.454 e. The van der Waals surface area contributed by atoms with Crippen molar-refractivity contribution in [1.82, 2.24) is 0 Å². The number of amides is 3. The molecule has 0 aliphatic carbocycles. The molecule has 0 fully saturated rings. The molecule has 1 aliphatic rings. The van der Waals surface area contributed by atoms with E-state index in [1.807, 2.05) is 0 Å². The van der Waals surface area contributed by atoms with Crippen molar-refractivity contribution in [3.63, 3.8) is 0 Å². The fraction of sp³-hybridized carbons (Fsp3) is 0.0476. The van der Waals surface area contributed by atoms with Crippen molar-refractivity contribution in [3.8, 4) is 11.5 Å². The second kappa shape index (κ2) is 7.43. The van der Waals surface area contributed by atoms with Gasteiger partial charge in [-0.25, -0.2) is 4.79 Å². The molecule has 0 aromatic heterocycles. The van der Waals surface area contributed by atoms with Gasteiger partial charge in [-0.2, -0.15) is 13.2 Å². The summed E-state index contributed by atoms with van der Waals surface area (Å²) in [7, 11) is 0. The molecule has 4 rings (SSSR count). The van der Waals surface area contributed by atoms with Crippen LogP contribution in [0.15, 0.2) is 66.7 Å². The summed E-state index contributed by atoms with van der Waals surface area (Å²) in [5, 5.41) is 7.71. The molecule has 3 N–H and O–H groups in total. The number of rotatable bonds is 2. The first-order valence-corrected chi connectivity index (χ1v) is 8.77. The molecule has 1 heterocycles. The number of benzene rings is 3. The van der Waals surface area contributed by atoms with Crippen LogP contribution in [0.3, 0.4) is 0 Å². The van der Waals surface area contributed by atoms with Crippen molar-refractivity contribution < 1.29 is 27.5 Å². The van der Waals surface area contributed by atoms with Crippen LogP contribution in [-0.4, -0.2) is 11.9 Å². The fourth-order valence-electron chi connectivity index (χ4n) is 2.88. The van der Waals surface area contributed by atoms with Crippen molar-refractivity contribution in [2.75, 3.05) is 16.0 Å². The number of carbonyl (C=O) groups is 2. The van der Waals surface area contributed by atoms with E-state index in [0.29, 0.717) is 22.9 Å². The van der Waals surface area contributed by atoms with Crippen LogP contribution < -0.4 is 20.7 Å². The lowest BCUT2D eigenvalue weighted by Crippen LogP contribution is -2.20. The number of hydrogen-bond donors (Lipinski definition) is 3. The van der Waals surface area contributed by atoms with Crippen LogP contribution in [0.2, 0.25) is 0 Å². The fourth-order valence-corrected chi connectivity index (χ4v) is 2.88. The van der Waals surface area contributed by atoms with Crippen LogP contribution in [0.4, 0.5) is 35.0 Å². The number of hydrogen-bond acceptors (Lipinski definition) is 3. The molecule has 1 aliphatic heterocycles. The maximum atomic E-state index is 12.6. The number of carbonyl (C=O) groups excluding carboxylic acids is 2. The van der Waals surface area contributed by atoms with E-state index < -0.39 is 23.7 Å². The lowest BCUT2D eigenvalue weighted by molar-refractivity contribution is -0.137. The van der Waals surface area contributed by atoms with E-state index in [4.69, 9.17) is 4.74 Å². The maximum absolute atomic E-state index is 12.6. The lowest BCUT2D eigenvalue weighted by Gasteiger charge is -2.11. The predicted molar refractivity (Wildman–Crippen MR) is 105 cm³/mol. The van der Waals surface area contributed by atoms with Crippen LogP contribution in [0.1, 0.15) is 15.9 Å². The first kappa shape index (κ1) is 19.3. The highest BCUT2D eigenvalue weighted by Crippen LogP contribution is 2.36. The van der Waals surface area contributed by atoms with Crippen molar-refractivity contribution >= 4 is 29.0 Å². The molecule has 3 amide bonds. The molecular formula is C21H14F3N3O3. The molecule has 0 unspecified atom stereocenters. The van der Waals surface area contributed by atoms with Gasteiger partial charge in [0.05, 0.1) is 16.8 Å². The molecule has 3 aromatic carbocycles. The van der Waals surface area contributed by atoms with Gasteiger partial charge in [-0.1, -0.05) is 12.1 Å². The van der Waals surface area contributed by atoms with Crippen LogP contribution in [0, 0.1) is 0 Å². The highest BCUT2D eigenvalue weighted by Gasteiger charge is 2.30. The van der Waals surface area contributed by atoms with Crippen LogP contribution in [0.25, 0.3) is 0 Å². The van der Waals surface area contributed by atoms with Gasteiger partial charge in [-0.3, -0.25) is 4.79 Å². The summed E-state index contributed by atoms with van der Waals surface area (Å²) >= 11 is 0. The average molecular weight is 413 g/mol. The summed E-state index contributed by atoms with van der Waals surface area (Å²) in [4.78, 5) is 24.7. The third-order valence-corrected chi connectivity index (χ3v) is 4.31. The highest BCUT2D eigenvalue weighted by atomic mass is 19.4. The zero-order chi connectivity index (χ0) is 21.3. The summed E-state index contributed by atoms with van der Waals surface area (Å²) in [6.45, 7) is 0. The van der Waals surface area contributed by atoms with Gasteiger partial charge in [0.15, 0.2) is 5.75 Å². The Morgan fingerprint density at radius 2 is 1.53 bits per heavy atom. The number of alkyl halides is 3. The summed E-state index contributed by atoms with van der Waals surface area (Å²) in [6.07, 6.45) is -4.45. The monoisotopic (exact) mass is 413 g/mol. The minimum atomic E-state index is -4.45. The Morgan fingerprint density at radius 3 is 2.27 bits per heavy atom. The molecule has 3 aromatic rings. The quantitative estimate of drug-likeness (QED) is 0.504. The number of halogens is 3. The molecule has 6 nitrogen and oxygen atoms in total. The minimum Gasteiger partial charge on any atom is -0.454 e. The number of para-hydroxylation sites is 2. The van der Waals surface area contributed by atoms with Gasteiger partial charge in [0.1, 0.15) is 5.75 Å². The van der Waals surface area contributed by atoms with E-state index in [1.54, 1.807) is 36.4 Å². The molecule has 0 atom stereocenters. The maximum Gasteiger partial charge on any atom is 0.416 e.